The van der Waals surface area contributed by atoms with Gasteiger partial charge in [-0.1, -0.05) is 0 Å². The SMILES string of the molecule is CCOC(=O)c1c(-c2ccco2)csc1NC(=O)COC(=O)c1ccc2ncsc2c1. The summed E-state index contributed by atoms with van der Waals surface area (Å²) >= 11 is 2.56. The second kappa shape index (κ2) is 9.11. The van der Waals surface area contributed by atoms with Gasteiger partial charge in [-0.05, 0) is 37.3 Å². The van der Waals surface area contributed by atoms with E-state index in [0.29, 0.717) is 16.9 Å². The summed E-state index contributed by atoms with van der Waals surface area (Å²) < 4.78 is 16.5. The first-order valence-electron chi connectivity index (χ1n) is 9.19. The van der Waals surface area contributed by atoms with E-state index < -0.39 is 24.5 Å². The highest BCUT2D eigenvalue weighted by Crippen LogP contribution is 2.36. The zero-order valence-corrected chi connectivity index (χ0v) is 17.9. The van der Waals surface area contributed by atoms with Crippen LogP contribution in [-0.2, 0) is 14.3 Å². The Morgan fingerprint density at radius 2 is 2.00 bits per heavy atom. The Morgan fingerprint density at radius 3 is 2.77 bits per heavy atom. The highest BCUT2D eigenvalue weighted by Gasteiger charge is 2.24. The molecule has 0 aliphatic rings. The fraction of sp³-hybridized carbons (Fsp3) is 0.143. The molecule has 1 aromatic carbocycles. The number of carbonyl (C=O) groups is 3. The third kappa shape index (κ3) is 4.49. The molecular weight excluding hydrogens is 440 g/mol. The van der Waals surface area contributed by atoms with Crippen molar-refractivity contribution in [3.05, 3.63) is 58.6 Å². The number of furan rings is 1. The number of benzene rings is 1. The van der Waals surface area contributed by atoms with Gasteiger partial charge >= 0.3 is 11.9 Å². The Morgan fingerprint density at radius 1 is 1.13 bits per heavy atom. The van der Waals surface area contributed by atoms with Crippen molar-refractivity contribution < 1.29 is 28.3 Å². The number of rotatable bonds is 7. The highest BCUT2D eigenvalue weighted by molar-refractivity contribution is 7.16. The number of hydrogen-bond acceptors (Lipinski definition) is 9. The van der Waals surface area contributed by atoms with Crippen molar-refractivity contribution in [1.82, 2.24) is 4.98 Å². The number of carbonyl (C=O) groups excluding carboxylic acids is 3. The van der Waals surface area contributed by atoms with Gasteiger partial charge in [0.15, 0.2) is 6.61 Å². The number of amides is 1. The largest absolute Gasteiger partial charge is 0.464 e. The summed E-state index contributed by atoms with van der Waals surface area (Å²) in [7, 11) is 0. The molecule has 0 fully saturated rings. The zero-order chi connectivity index (χ0) is 21.8. The number of hydrogen-bond donors (Lipinski definition) is 1. The molecule has 0 saturated heterocycles. The lowest BCUT2D eigenvalue weighted by molar-refractivity contribution is -0.119. The molecule has 0 radical (unpaired) electrons. The summed E-state index contributed by atoms with van der Waals surface area (Å²) in [6, 6.07) is 8.38. The Labute approximate surface area is 184 Å². The summed E-state index contributed by atoms with van der Waals surface area (Å²) in [4.78, 5) is 41.3. The minimum Gasteiger partial charge on any atom is -0.464 e. The Hall–Kier alpha value is -3.50. The van der Waals surface area contributed by atoms with E-state index in [9.17, 15) is 14.4 Å². The van der Waals surface area contributed by atoms with Crippen LogP contribution in [0.5, 0.6) is 0 Å². The molecule has 0 aliphatic carbocycles. The number of thiophene rings is 1. The van der Waals surface area contributed by atoms with Crippen LogP contribution in [-0.4, -0.2) is 36.0 Å². The van der Waals surface area contributed by atoms with Crippen LogP contribution in [0.2, 0.25) is 0 Å². The van der Waals surface area contributed by atoms with E-state index in [4.69, 9.17) is 13.9 Å². The van der Waals surface area contributed by atoms with E-state index in [1.807, 2.05) is 0 Å². The molecule has 158 valence electrons. The normalized spacial score (nSPS) is 10.7. The molecule has 1 amide bonds. The second-order valence-corrected chi connectivity index (χ2v) is 7.98. The van der Waals surface area contributed by atoms with Crippen molar-refractivity contribution in [1.29, 1.82) is 0 Å². The maximum Gasteiger partial charge on any atom is 0.341 e. The van der Waals surface area contributed by atoms with Crippen LogP contribution >= 0.6 is 22.7 Å². The smallest absolute Gasteiger partial charge is 0.341 e. The maximum atomic E-state index is 12.5. The lowest BCUT2D eigenvalue weighted by Crippen LogP contribution is -2.21. The van der Waals surface area contributed by atoms with Crippen LogP contribution in [0.25, 0.3) is 21.5 Å². The molecule has 3 heterocycles. The molecule has 0 aliphatic heterocycles. The van der Waals surface area contributed by atoms with E-state index in [2.05, 4.69) is 10.3 Å². The third-order valence-corrected chi connectivity index (χ3v) is 5.90. The molecule has 31 heavy (non-hydrogen) atoms. The van der Waals surface area contributed by atoms with Gasteiger partial charge in [0, 0.05) is 10.9 Å². The molecule has 4 rings (SSSR count). The number of esters is 2. The van der Waals surface area contributed by atoms with Crippen LogP contribution < -0.4 is 5.32 Å². The molecular formula is C21H16N2O6S2. The van der Waals surface area contributed by atoms with Crippen molar-refractivity contribution in [2.75, 3.05) is 18.5 Å². The number of ether oxygens (including phenoxy) is 2. The van der Waals surface area contributed by atoms with Crippen LogP contribution in [0.15, 0.2) is 51.9 Å². The molecule has 0 saturated carbocycles. The number of anilines is 1. The van der Waals surface area contributed by atoms with E-state index in [1.54, 1.807) is 48.1 Å². The second-order valence-electron chi connectivity index (χ2n) is 6.21. The standard InChI is InChI=1S/C21H16N2O6S2/c1-2-27-21(26)18-13(15-4-3-7-28-15)10-30-19(18)23-17(24)9-29-20(25)12-5-6-14-16(8-12)31-11-22-14/h3-8,10-11H,2,9H2,1H3,(H,23,24). The van der Waals surface area contributed by atoms with Gasteiger partial charge in [0.2, 0.25) is 0 Å². The van der Waals surface area contributed by atoms with Crippen LogP contribution in [0.4, 0.5) is 5.00 Å². The van der Waals surface area contributed by atoms with E-state index >= 15 is 0 Å². The molecule has 0 spiro atoms. The summed E-state index contributed by atoms with van der Waals surface area (Å²) in [6.45, 7) is 1.37. The topological polar surface area (TPSA) is 108 Å². The van der Waals surface area contributed by atoms with Gasteiger partial charge in [0.1, 0.15) is 16.3 Å². The van der Waals surface area contributed by atoms with E-state index in [1.165, 1.54) is 17.6 Å². The molecule has 8 nitrogen and oxygen atoms in total. The van der Waals surface area contributed by atoms with Gasteiger partial charge in [-0.2, -0.15) is 0 Å². The Kier molecular flexibility index (Phi) is 6.10. The summed E-state index contributed by atoms with van der Waals surface area (Å²) in [5.41, 5.74) is 3.51. The number of nitrogens with zero attached hydrogens (tertiary/aromatic N) is 1. The molecule has 0 unspecified atom stereocenters. The van der Waals surface area contributed by atoms with Crippen molar-refractivity contribution in [2.45, 2.75) is 6.92 Å². The number of nitrogens with one attached hydrogen (secondary N) is 1. The van der Waals surface area contributed by atoms with Gasteiger partial charge < -0.3 is 19.2 Å². The molecule has 4 aromatic rings. The minimum absolute atomic E-state index is 0.182. The van der Waals surface area contributed by atoms with Crippen molar-refractivity contribution >= 4 is 55.7 Å². The first-order valence-corrected chi connectivity index (χ1v) is 11.0. The Balaban J connectivity index is 1.45. The van der Waals surface area contributed by atoms with E-state index in [0.717, 1.165) is 21.6 Å². The maximum absolute atomic E-state index is 12.5. The van der Waals surface area contributed by atoms with Crippen LogP contribution in [0.3, 0.4) is 0 Å². The van der Waals surface area contributed by atoms with Crippen molar-refractivity contribution in [3.63, 3.8) is 0 Å². The molecule has 1 N–H and O–H groups in total. The first kappa shape index (κ1) is 20.8. The van der Waals surface area contributed by atoms with Gasteiger partial charge in [-0.3, -0.25) is 4.79 Å². The number of aromatic nitrogens is 1. The zero-order valence-electron chi connectivity index (χ0n) is 16.2. The summed E-state index contributed by atoms with van der Waals surface area (Å²) in [5.74, 6) is -1.31. The third-order valence-electron chi connectivity index (χ3n) is 4.21. The minimum atomic E-state index is -0.626. The average Bonchev–Trinajstić information content (AvgIpc) is 3.51. The average molecular weight is 457 g/mol. The number of fused-ring (bicyclic) bond motifs is 1. The van der Waals surface area contributed by atoms with E-state index in [-0.39, 0.29) is 17.2 Å². The Bertz CT molecular complexity index is 1240. The van der Waals surface area contributed by atoms with Gasteiger partial charge in [-0.15, -0.1) is 22.7 Å². The number of thiazole rings is 1. The van der Waals surface area contributed by atoms with Crippen LogP contribution in [0.1, 0.15) is 27.6 Å². The summed E-state index contributed by atoms with van der Waals surface area (Å²) in [5, 5.41) is 4.60. The van der Waals surface area contributed by atoms with Gasteiger partial charge in [0.25, 0.3) is 5.91 Å². The van der Waals surface area contributed by atoms with Crippen molar-refractivity contribution in [2.24, 2.45) is 0 Å². The lowest BCUT2D eigenvalue weighted by atomic mass is 10.1. The predicted molar refractivity (Wildman–Crippen MR) is 117 cm³/mol. The molecule has 0 atom stereocenters. The predicted octanol–water partition coefficient (Wildman–Crippen LogP) is 4.59. The molecule has 3 aromatic heterocycles. The van der Waals surface area contributed by atoms with Gasteiger partial charge in [0.05, 0.1) is 34.2 Å². The molecule has 10 heteroatoms. The quantitative estimate of drug-likeness (QED) is 0.405. The highest BCUT2D eigenvalue weighted by atomic mass is 32.1. The first-order chi connectivity index (χ1) is 15.1. The lowest BCUT2D eigenvalue weighted by Gasteiger charge is -2.08. The van der Waals surface area contributed by atoms with Crippen LogP contribution in [0, 0.1) is 0 Å². The van der Waals surface area contributed by atoms with Gasteiger partial charge in [-0.25, -0.2) is 14.6 Å². The fourth-order valence-corrected chi connectivity index (χ4v) is 4.50. The fourth-order valence-electron chi connectivity index (χ4n) is 2.83. The molecule has 0 bridgehead atoms. The summed E-state index contributed by atoms with van der Waals surface area (Å²) in [6.07, 6.45) is 1.49. The monoisotopic (exact) mass is 456 g/mol. The van der Waals surface area contributed by atoms with Crippen molar-refractivity contribution in [3.8, 4) is 11.3 Å².